The Morgan fingerprint density at radius 1 is 1.24 bits per heavy atom. The molecule has 2 N–H and O–H groups in total. The zero-order chi connectivity index (χ0) is 17.6. The van der Waals surface area contributed by atoms with Crippen molar-refractivity contribution in [3.8, 4) is 5.88 Å². The topological polar surface area (TPSA) is 91.8 Å². The van der Waals surface area contributed by atoms with Crippen molar-refractivity contribution in [2.24, 2.45) is 5.92 Å². The fraction of sp³-hybridized carbons (Fsp3) is 0.611. The second-order valence-electron chi connectivity index (χ2n) is 6.81. The van der Waals surface area contributed by atoms with Gasteiger partial charge in [-0.2, -0.15) is 0 Å². The van der Waals surface area contributed by atoms with Crippen LogP contribution in [0.1, 0.15) is 44.1 Å². The maximum absolute atomic E-state index is 12.2. The van der Waals surface area contributed by atoms with E-state index in [1.807, 2.05) is 12.1 Å². The number of nitrogens with one attached hydrogen (secondary N) is 1. The van der Waals surface area contributed by atoms with Gasteiger partial charge >= 0.3 is 12.0 Å². The first-order valence-electron chi connectivity index (χ1n) is 8.99. The van der Waals surface area contributed by atoms with Gasteiger partial charge in [0.15, 0.2) is 0 Å². The van der Waals surface area contributed by atoms with Crippen molar-refractivity contribution in [1.29, 1.82) is 0 Å². The van der Waals surface area contributed by atoms with Crippen LogP contribution in [0.5, 0.6) is 5.88 Å². The lowest BCUT2D eigenvalue weighted by Crippen LogP contribution is -2.46. The van der Waals surface area contributed by atoms with Gasteiger partial charge in [0, 0.05) is 31.9 Å². The summed E-state index contributed by atoms with van der Waals surface area (Å²) in [6.45, 7) is 1.24. The molecule has 0 radical (unpaired) electrons. The van der Waals surface area contributed by atoms with E-state index in [0.717, 1.165) is 24.8 Å². The molecule has 1 aromatic rings. The number of carbonyl (C=O) groups excluding carboxylic acids is 1. The van der Waals surface area contributed by atoms with E-state index in [1.165, 1.54) is 12.8 Å². The smallest absolute Gasteiger partial charge is 0.317 e. The molecule has 7 nitrogen and oxygen atoms in total. The van der Waals surface area contributed by atoms with Crippen LogP contribution in [-0.2, 0) is 11.3 Å². The Morgan fingerprint density at radius 3 is 2.72 bits per heavy atom. The van der Waals surface area contributed by atoms with Crippen LogP contribution in [0, 0.1) is 5.92 Å². The number of aliphatic carboxylic acids is 1. The van der Waals surface area contributed by atoms with Crippen molar-refractivity contribution >= 4 is 12.0 Å². The molecule has 1 aliphatic carbocycles. The lowest BCUT2D eigenvalue weighted by Gasteiger charge is -2.30. The maximum Gasteiger partial charge on any atom is 0.317 e. The van der Waals surface area contributed by atoms with Crippen LogP contribution in [0.2, 0.25) is 0 Å². The Morgan fingerprint density at radius 2 is 2.04 bits per heavy atom. The van der Waals surface area contributed by atoms with Gasteiger partial charge in [-0.05, 0) is 44.1 Å². The molecular weight excluding hydrogens is 322 g/mol. The van der Waals surface area contributed by atoms with Gasteiger partial charge in [-0.15, -0.1) is 0 Å². The number of aromatic nitrogens is 1. The number of carboxylic acid groups (broad SMARTS) is 1. The molecule has 136 valence electrons. The summed E-state index contributed by atoms with van der Waals surface area (Å²) >= 11 is 0. The summed E-state index contributed by atoms with van der Waals surface area (Å²) in [6.07, 6.45) is 7.95. The number of rotatable bonds is 5. The molecule has 2 amide bonds. The molecule has 1 atom stereocenters. The van der Waals surface area contributed by atoms with Crippen molar-refractivity contribution in [2.45, 2.75) is 51.2 Å². The summed E-state index contributed by atoms with van der Waals surface area (Å²) in [6, 6.07) is 3.51. The highest BCUT2D eigenvalue weighted by molar-refractivity contribution is 5.76. The fourth-order valence-electron chi connectivity index (χ4n) is 3.41. The summed E-state index contributed by atoms with van der Waals surface area (Å²) in [7, 11) is 0. The number of amides is 2. The number of pyridine rings is 1. The van der Waals surface area contributed by atoms with E-state index < -0.39 is 11.9 Å². The molecule has 1 aliphatic heterocycles. The highest BCUT2D eigenvalue weighted by atomic mass is 16.5. The first kappa shape index (κ1) is 17.5. The zero-order valence-corrected chi connectivity index (χ0v) is 14.3. The Kier molecular flexibility index (Phi) is 5.73. The van der Waals surface area contributed by atoms with Crippen molar-refractivity contribution in [1.82, 2.24) is 15.2 Å². The van der Waals surface area contributed by atoms with Crippen LogP contribution in [0.3, 0.4) is 0 Å². The average Bonchev–Trinajstić information content (AvgIpc) is 3.14. The van der Waals surface area contributed by atoms with Gasteiger partial charge in [0.05, 0.1) is 5.92 Å². The summed E-state index contributed by atoms with van der Waals surface area (Å²) in [5.74, 6) is -0.671. The number of piperidine rings is 1. The Labute approximate surface area is 147 Å². The molecule has 1 saturated carbocycles. The second-order valence-corrected chi connectivity index (χ2v) is 6.81. The molecule has 3 rings (SSSR count). The van der Waals surface area contributed by atoms with E-state index in [4.69, 9.17) is 9.84 Å². The normalized spacial score (nSPS) is 21.1. The molecule has 2 heterocycles. The summed E-state index contributed by atoms with van der Waals surface area (Å²) < 4.78 is 5.82. The third-order valence-electron chi connectivity index (χ3n) is 4.89. The SMILES string of the molecule is O=C(O)C1CCCN(C(=O)NCc2ccc(OC3CCCC3)nc2)C1. The van der Waals surface area contributed by atoms with Gasteiger partial charge in [-0.3, -0.25) is 4.79 Å². The lowest BCUT2D eigenvalue weighted by atomic mass is 9.99. The summed E-state index contributed by atoms with van der Waals surface area (Å²) in [4.78, 5) is 29.2. The highest BCUT2D eigenvalue weighted by Crippen LogP contribution is 2.23. The minimum atomic E-state index is -0.834. The van der Waals surface area contributed by atoms with Crippen LogP contribution in [0.4, 0.5) is 4.79 Å². The Balaban J connectivity index is 1.46. The van der Waals surface area contributed by atoms with Gasteiger partial charge in [0.2, 0.25) is 5.88 Å². The largest absolute Gasteiger partial charge is 0.481 e. The van der Waals surface area contributed by atoms with E-state index in [1.54, 1.807) is 11.1 Å². The molecule has 7 heteroatoms. The number of carbonyl (C=O) groups is 2. The Hall–Kier alpha value is -2.31. The van der Waals surface area contributed by atoms with Crippen molar-refractivity contribution in [3.63, 3.8) is 0 Å². The molecule has 1 saturated heterocycles. The van der Waals surface area contributed by atoms with Crippen molar-refractivity contribution < 1.29 is 19.4 Å². The number of ether oxygens (including phenoxy) is 1. The van der Waals surface area contributed by atoms with E-state index >= 15 is 0 Å². The van der Waals surface area contributed by atoms with Gasteiger partial charge in [0.25, 0.3) is 0 Å². The van der Waals surface area contributed by atoms with E-state index in [0.29, 0.717) is 25.4 Å². The van der Waals surface area contributed by atoms with Crippen LogP contribution in [0.15, 0.2) is 18.3 Å². The number of hydrogen-bond acceptors (Lipinski definition) is 4. The van der Waals surface area contributed by atoms with Crippen LogP contribution >= 0.6 is 0 Å². The van der Waals surface area contributed by atoms with Crippen molar-refractivity contribution in [3.05, 3.63) is 23.9 Å². The minimum absolute atomic E-state index is 0.225. The van der Waals surface area contributed by atoms with E-state index in [9.17, 15) is 9.59 Å². The van der Waals surface area contributed by atoms with Gasteiger partial charge < -0.3 is 20.1 Å². The first-order valence-corrected chi connectivity index (χ1v) is 8.99. The third-order valence-corrected chi connectivity index (χ3v) is 4.89. The average molecular weight is 347 g/mol. The predicted octanol–water partition coefficient (Wildman–Crippen LogP) is 2.41. The molecule has 0 bridgehead atoms. The van der Waals surface area contributed by atoms with Gasteiger partial charge in [-0.25, -0.2) is 9.78 Å². The number of likely N-dealkylation sites (tertiary alicyclic amines) is 1. The molecule has 2 aliphatic rings. The Bertz CT molecular complexity index is 599. The lowest BCUT2D eigenvalue weighted by molar-refractivity contribution is -0.143. The number of carboxylic acids is 1. The summed E-state index contributed by atoms with van der Waals surface area (Å²) in [5, 5.41) is 11.9. The molecule has 1 aromatic heterocycles. The molecule has 1 unspecified atom stereocenters. The molecule has 2 fully saturated rings. The molecular formula is C18H25N3O4. The molecule has 0 spiro atoms. The standard InChI is InChI=1S/C18H25N3O4/c22-17(23)14-4-3-9-21(12-14)18(24)20-11-13-7-8-16(19-10-13)25-15-5-1-2-6-15/h7-8,10,14-15H,1-6,9,11-12H2,(H,20,24)(H,22,23). The molecule has 0 aromatic carbocycles. The molecule has 25 heavy (non-hydrogen) atoms. The van der Waals surface area contributed by atoms with Gasteiger partial charge in [-0.1, -0.05) is 6.07 Å². The fourth-order valence-corrected chi connectivity index (χ4v) is 3.41. The second kappa shape index (κ2) is 8.18. The number of hydrogen-bond donors (Lipinski definition) is 2. The minimum Gasteiger partial charge on any atom is -0.481 e. The number of urea groups is 1. The maximum atomic E-state index is 12.2. The van der Waals surface area contributed by atoms with Crippen LogP contribution < -0.4 is 10.1 Å². The van der Waals surface area contributed by atoms with E-state index in [2.05, 4.69) is 10.3 Å². The monoisotopic (exact) mass is 347 g/mol. The third kappa shape index (κ3) is 4.84. The van der Waals surface area contributed by atoms with Gasteiger partial charge in [0.1, 0.15) is 6.10 Å². The highest BCUT2D eigenvalue weighted by Gasteiger charge is 2.27. The quantitative estimate of drug-likeness (QED) is 0.853. The predicted molar refractivity (Wildman–Crippen MR) is 91.3 cm³/mol. The first-order chi connectivity index (χ1) is 12.1. The summed E-state index contributed by atoms with van der Waals surface area (Å²) in [5.41, 5.74) is 0.888. The van der Waals surface area contributed by atoms with Crippen molar-refractivity contribution in [2.75, 3.05) is 13.1 Å². The van der Waals surface area contributed by atoms with Crippen LogP contribution in [0.25, 0.3) is 0 Å². The zero-order valence-electron chi connectivity index (χ0n) is 14.3. The number of nitrogens with zero attached hydrogens (tertiary/aromatic N) is 2. The van der Waals surface area contributed by atoms with Crippen LogP contribution in [-0.4, -0.2) is 46.2 Å². The van der Waals surface area contributed by atoms with E-state index in [-0.39, 0.29) is 18.7 Å².